The molecule has 2 unspecified atom stereocenters. The Kier molecular flexibility index (Phi) is 3.78. The van der Waals surface area contributed by atoms with Gasteiger partial charge in [-0.25, -0.2) is 4.68 Å². The van der Waals surface area contributed by atoms with E-state index in [1.54, 1.807) is 10.9 Å². The number of hydrogen-bond donors (Lipinski definition) is 0. The molecule has 1 aromatic carbocycles. The molecule has 2 aromatic rings. The molecule has 0 spiro atoms. The van der Waals surface area contributed by atoms with Crippen LogP contribution in [0.5, 0.6) is 0 Å². The molecule has 2 fully saturated rings. The number of thioether (sulfide) groups is 1. The average Bonchev–Trinajstić information content (AvgIpc) is 3.04. The molecule has 1 aromatic heterocycles. The molecule has 0 amide bonds. The molecule has 3 nitrogen and oxygen atoms in total. The number of carbonyl (C=O) groups excluding carboxylic acids is 1. The molecule has 4 heteroatoms. The first-order valence-electron chi connectivity index (χ1n) is 8.09. The Labute approximate surface area is 135 Å². The topological polar surface area (TPSA) is 34.9 Å². The Hall–Kier alpha value is -1.55. The van der Waals surface area contributed by atoms with E-state index in [-0.39, 0.29) is 5.92 Å². The third-order valence-corrected chi connectivity index (χ3v) is 6.42. The van der Waals surface area contributed by atoms with E-state index in [9.17, 15) is 4.79 Å². The number of fused-ring (bicyclic) bond motifs is 2. The fourth-order valence-electron chi connectivity index (χ4n) is 3.68. The van der Waals surface area contributed by atoms with Gasteiger partial charge in [-0.1, -0.05) is 24.6 Å². The summed E-state index contributed by atoms with van der Waals surface area (Å²) in [4.78, 5) is 12.8. The van der Waals surface area contributed by atoms with E-state index in [2.05, 4.69) is 16.9 Å². The highest BCUT2D eigenvalue weighted by atomic mass is 32.2. The van der Waals surface area contributed by atoms with Crippen LogP contribution in [0.1, 0.15) is 42.5 Å². The summed E-state index contributed by atoms with van der Waals surface area (Å²) in [5, 5.41) is 5.76. The number of hydrogen-bond acceptors (Lipinski definition) is 3. The van der Waals surface area contributed by atoms with Gasteiger partial charge in [-0.15, -0.1) is 0 Å². The summed E-state index contributed by atoms with van der Waals surface area (Å²) in [7, 11) is 0. The number of ketones is 1. The van der Waals surface area contributed by atoms with E-state index in [1.807, 2.05) is 36.5 Å². The number of rotatable bonds is 3. The highest BCUT2D eigenvalue weighted by Gasteiger charge is 2.36. The molecule has 0 saturated carbocycles. The van der Waals surface area contributed by atoms with Crippen molar-refractivity contribution in [2.75, 3.05) is 0 Å². The van der Waals surface area contributed by atoms with Gasteiger partial charge in [-0.3, -0.25) is 4.79 Å². The zero-order chi connectivity index (χ0) is 14.9. The van der Waals surface area contributed by atoms with Gasteiger partial charge < -0.3 is 0 Å². The van der Waals surface area contributed by atoms with E-state index < -0.39 is 0 Å². The van der Waals surface area contributed by atoms with Crippen LogP contribution in [-0.2, 0) is 0 Å². The monoisotopic (exact) mass is 312 g/mol. The van der Waals surface area contributed by atoms with Crippen LogP contribution >= 0.6 is 11.8 Å². The third-order valence-electron chi connectivity index (χ3n) is 4.79. The summed E-state index contributed by atoms with van der Waals surface area (Å²) in [6.45, 7) is 0. The summed E-state index contributed by atoms with van der Waals surface area (Å²) in [6, 6.07) is 9.96. The van der Waals surface area contributed by atoms with Gasteiger partial charge in [0, 0.05) is 22.6 Å². The maximum Gasteiger partial charge on any atom is 0.169 e. The zero-order valence-corrected chi connectivity index (χ0v) is 13.3. The second kappa shape index (κ2) is 5.92. The number of Topliss-reactive ketones (excluding diaryl/α,β-unsaturated/α-hetero) is 1. The van der Waals surface area contributed by atoms with E-state index >= 15 is 0 Å². The predicted molar refractivity (Wildman–Crippen MR) is 89.6 cm³/mol. The van der Waals surface area contributed by atoms with Crippen molar-refractivity contribution in [2.24, 2.45) is 5.92 Å². The van der Waals surface area contributed by atoms with Crippen molar-refractivity contribution in [3.8, 4) is 5.69 Å². The fraction of sp³-hybridized carbons (Fsp3) is 0.444. The van der Waals surface area contributed by atoms with Crippen LogP contribution in [0.4, 0.5) is 0 Å². The molecule has 0 aliphatic carbocycles. The van der Waals surface area contributed by atoms with Crippen LogP contribution in [-0.4, -0.2) is 26.1 Å². The van der Waals surface area contributed by atoms with Crippen LogP contribution in [0.3, 0.4) is 0 Å². The second-order valence-electron chi connectivity index (χ2n) is 6.35. The standard InChI is InChI=1S/C18H20N2OS/c21-18(13-9-16-7-4-8-17(10-13)22-16)14-11-19-20(12-14)15-5-2-1-3-6-15/h1-3,5-6,11-13,16-17H,4,7-10H2. The zero-order valence-electron chi connectivity index (χ0n) is 12.5. The van der Waals surface area contributed by atoms with Gasteiger partial charge in [0.05, 0.1) is 17.4 Å². The molecule has 2 bridgehead atoms. The lowest BCUT2D eigenvalue weighted by Gasteiger charge is -2.37. The summed E-state index contributed by atoms with van der Waals surface area (Å²) < 4.78 is 1.80. The quantitative estimate of drug-likeness (QED) is 0.800. The SMILES string of the molecule is O=C(c1cnn(-c2ccccc2)c1)C1CC2CCCC(C1)S2. The summed E-state index contributed by atoms with van der Waals surface area (Å²) in [6.07, 6.45) is 9.63. The average molecular weight is 312 g/mol. The summed E-state index contributed by atoms with van der Waals surface area (Å²) in [5.74, 6) is 0.490. The van der Waals surface area contributed by atoms with Gasteiger partial charge in [-0.05, 0) is 37.8 Å². The highest BCUT2D eigenvalue weighted by Crippen LogP contribution is 2.44. The first kappa shape index (κ1) is 14.1. The van der Waals surface area contributed by atoms with Crippen molar-refractivity contribution in [3.63, 3.8) is 0 Å². The molecule has 2 atom stereocenters. The number of benzene rings is 1. The summed E-state index contributed by atoms with van der Waals surface area (Å²) in [5.41, 5.74) is 1.76. The van der Waals surface area contributed by atoms with Crippen LogP contribution in [0, 0.1) is 5.92 Å². The molecule has 2 aliphatic rings. The van der Waals surface area contributed by atoms with Gasteiger partial charge in [0.15, 0.2) is 5.78 Å². The number of aromatic nitrogens is 2. The molecule has 114 valence electrons. The smallest absolute Gasteiger partial charge is 0.169 e. The molecule has 3 heterocycles. The predicted octanol–water partition coefficient (Wildman–Crippen LogP) is 4.12. The van der Waals surface area contributed by atoms with Gasteiger partial charge in [-0.2, -0.15) is 16.9 Å². The first-order valence-corrected chi connectivity index (χ1v) is 9.03. The van der Waals surface area contributed by atoms with E-state index in [4.69, 9.17) is 0 Å². The lowest BCUT2D eigenvalue weighted by atomic mass is 9.85. The van der Waals surface area contributed by atoms with Crippen LogP contribution in [0.15, 0.2) is 42.7 Å². The van der Waals surface area contributed by atoms with Gasteiger partial charge in [0.2, 0.25) is 0 Å². The Morgan fingerprint density at radius 3 is 2.59 bits per heavy atom. The maximum absolute atomic E-state index is 12.8. The molecule has 2 aliphatic heterocycles. The Morgan fingerprint density at radius 1 is 1.14 bits per heavy atom. The van der Waals surface area contributed by atoms with Crippen LogP contribution < -0.4 is 0 Å². The largest absolute Gasteiger partial charge is 0.294 e. The number of nitrogens with zero attached hydrogens (tertiary/aromatic N) is 2. The van der Waals surface area contributed by atoms with Gasteiger partial charge in [0.25, 0.3) is 0 Å². The van der Waals surface area contributed by atoms with E-state index in [1.165, 1.54) is 19.3 Å². The molecule has 4 rings (SSSR count). The van der Waals surface area contributed by atoms with Crippen molar-refractivity contribution in [1.82, 2.24) is 9.78 Å². The van der Waals surface area contributed by atoms with E-state index in [0.717, 1.165) is 24.1 Å². The van der Waals surface area contributed by atoms with Crippen molar-refractivity contribution >= 4 is 17.5 Å². The van der Waals surface area contributed by atoms with Crippen molar-refractivity contribution < 1.29 is 4.79 Å². The first-order chi connectivity index (χ1) is 10.8. The molecular formula is C18H20N2OS. The lowest BCUT2D eigenvalue weighted by molar-refractivity contribution is 0.0896. The minimum atomic E-state index is 0.199. The third kappa shape index (κ3) is 2.72. The van der Waals surface area contributed by atoms with Gasteiger partial charge in [0.1, 0.15) is 0 Å². The fourth-order valence-corrected chi connectivity index (χ4v) is 5.52. The Balaban J connectivity index is 1.52. The van der Waals surface area contributed by atoms with Gasteiger partial charge >= 0.3 is 0 Å². The Morgan fingerprint density at radius 2 is 1.86 bits per heavy atom. The van der Waals surface area contributed by atoms with Crippen molar-refractivity contribution in [3.05, 3.63) is 48.3 Å². The molecule has 0 radical (unpaired) electrons. The normalized spacial score (nSPS) is 27.5. The van der Waals surface area contributed by atoms with Crippen molar-refractivity contribution in [2.45, 2.75) is 42.6 Å². The Bertz CT molecular complexity index is 655. The minimum absolute atomic E-state index is 0.199. The van der Waals surface area contributed by atoms with Crippen LogP contribution in [0.2, 0.25) is 0 Å². The molecule has 0 N–H and O–H groups in total. The molecular weight excluding hydrogens is 292 g/mol. The number of para-hydroxylation sites is 1. The minimum Gasteiger partial charge on any atom is -0.294 e. The van der Waals surface area contributed by atoms with E-state index in [0.29, 0.717) is 16.3 Å². The van der Waals surface area contributed by atoms with Crippen LogP contribution in [0.25, 0.3) is 5.69 Å². The maximum atomic E-state index is 12.8. The lowest BCUT2D eigenvalue weighted by Crippen LogP contribution is -2.32. The molecule has 2 saturated heterocycles. The van der Waals surface area contributed by atoms with Crippen molar-refractivity contribution in [1.29, 1.82) is 0 Å². The number of carbonyl (C=O) groups is 1. The highest BCUT2D eigenvalue weighted by molar-refractivity contribution is 8.00. The molecule has 22 heavy (non-hydrogen) atoms. The summed E-state index contributed by atoms with van der Waals surface area (Å²) >= 11 is 2.12. The second-order valence-corrected chi connectivity index (χ2v) is 7.96.